The fourth-order valence-electron chi connectivity index (χ4n) is 3.23. The molecule has 0 unspecified atom stereocenters. The van der Waals surface area contributed by atoms with Crippen LogP contribution in [0.1, 0.15) is 31.2 Å². The highest BCUT2D eigenvalue weighted by Gasteiger charge is 2.45. The monoisotopic (exact) mass is 341 g/mol. The molecule has 0 N–H and O–H groups in total. The van der Waals surface area contributed by atoms with Crippen LogP contribution in [0.5, 0.6) is 0 Å². The van der Waals surface area contributed by atoms with Gasteiger partial charge in [-0.1, -0.05) is 29.3 Å². The number of carbonyl (C=O) groups is 1. The molecule has 1 heterocycles. The summed E-state index contributed by atoms with van der Waals surface area (Å²) in [6, 6.07) is 5.68. The summed E-state index contributed by atoms with van der Waals surface area (Å²) < 4.78 is 5.41. The minimum Gasteiger partial charge on any atom is -0.381 e. The molecule has 0 bridgehead atoms. The van der Waals surface area contributed by atoms with Crippen molar-refractivity contribution in [3.63, 3.8) is 0 Å². The van der Waals surface area contributed by atoms with Crippen molar-refractivity contribution in [2.45, 2.75) is 25.7 Å². The van der Waals surface area contributed by atoms with Gasteiger partial charge in [0.05, 0.1) is 16.7 Å². The van der Waals surface area contributed by atoms with Gasteiger partial charge >= 0.3 is 0 Å². The molecule has 1 amide bonds. The van der Waals surface area contributed by atoms with Crippen LogP contribution >= 0.6 is 23.2 Å². The number of rotatable bonds is 5. The molecule has 0 radical (unpaired) electrons. The zero-order valence-corrected chi connectivity index (χ0v) is 14.2. The number of hydrogen-bond donors (Lipinski definition) is 0. The predicted octanol–water partition coefficient (Wildman–Crippen LogP) is 3.98. The molecule has 2 fully saturated rings. The van der Waals surface area contributed by atoms with E-state index in [9.17, 15) is 4.79 Å². The zero-order chi connectivity index (χ0) is 15.7. The lowest BCUT2D eigenvalue weighted by atomic mass is 10.1. The first-order chi connectivity index (χ1) is 10.6. The van der Waals surface area contributed by atoms with Crippen LogP contribution in [-0.2, 0) is 9.53 Å². The first-order valence-corrected chi connectivity index (χ1v) is 8.67. The Morgan fingerprint density at radius 3 is 2.82 bits per heavy atom. The fourth-order valence-corrected chi connectivity index (χ4v) is 3.53. The van der Waals surface area contributed by atoms with Gasteiger partial charge in [-0.2, -0.15) is 0 Å². The summed E-state index contributed by atoms with van der Waals surface area (Å²) in [4.78, 5) is 14.7. The molecule has 1 aromatic carbocycles. The van der Waals surface area contributed by atoms with Crippen molar-refractivity contribution in [2.24, 2.45) is 11.8 Å². The third kappa shape index (κ3) is 3.42. The van der Waals surface area contributed by atoms with Crippen LogP contribution in [0.25, 0.3) is 0 Å². The second kappa shape index (κ2) is 6.77. The summed E-state index contributed by atoms with van der Waals surface area (Å²) in [6.45, 7) is 5.24. The van der Waals surface area contributed by atoms with Gasteiger partial charge in [-0.25, -0.2) is 0 Å². The van der Waals surface area contributed by atoms with Crippen molar-refractivity contribution in [3.05, 3.63) is 33.8 Å². The summed E-state index contributed by atoms with van der Waals surface area (Å²) in [7, 11) is 0. The Labute approximate surface area is 141 Å². The Morgan fingerprint density at radius 1 is 1.36 bits per heavy atom. The highest BCUT2D eigenvalue weighted by molar-refractivity contribution is 6.42. The predicted molar refractivity (Wildman–Crippen MR) is 88.5 cm³/mol. The Morgan fingerprint density at radius 2 is 2.18 bits per heavy atom. The van der Waals surface area contributed by atoms with Gasteiger partial charge in [0.15, 0.2) is 0 Å². The van der Waals surface area contributed by atoms with Crippen LogP contribution in [-0.4, -0.2) is 37.1 Å². The quantitative estimate of drug-likeness (QED) is 0.810. The van der Waals surface area contributed by atoms with E-state index in [-0.39, 0.29) is 17.7 Å². The summed E-state index contributed by atoms with van der Waals surface area (Å²) in [5.74, 6) is 1.15. The molecule has 3 nitrogen and oxygen atoms in total. The highest BCUT2D eigenvalue weighted by Crippen LogP contribution is 2.49. The molecule has 0 aromatic heterocycles. The molecule has 1 aromatic rings. The average Bonchev–Trinajstić information content (AvgIpc) is 3.15. The average molecular weight is 342 g/mol. The van der Waals surface area contributed by atoms with Gasteiger partial charge in [-0.15, -0.1) is 0 Å². The van der Waals surface area contributed by atoms with Crippen LogP contribution in [0.3, 0.4) is 0 Å². The summed E-state index contributed by atoms with van der Waals surface area (Å²) in [6.07, 6.45) is 1.97. The van der Waals surface area contributed by atoms with Crippen LogP contribution in [0.4, 0.5) is 0 Å². The van der Waals surface area contributed by atoms with Gasteiger partial charge in [0.25, 0.3) is 0 Å². The third-order valence-electron chi connectivity index (χ3n) is 4.68. The summed E-state index contributed by atoms with van der Waals surface area (Å²) in [5.41, 5.74) is 1.12. The van der Waals surface area contributed by atoms with Crippen LogP contribution in [0, 0.1) is 11.8 Å². The van der Waals surface area contributed by atoms with Crippen LogP contribution in [0.15, 0.2) is 18.2 Å². The second-order valence-corrected chi connectivity index (χ2v) is 7.04. The minimum absolute atomic E-state index is 0.0968. The molecule has 22 heavy (non-hydrogen) atoms. The highest BCUT2D eigenvalue weighted by atomic mass is 35.5. The van der Waals surface area contributed by atoms with Crippen molar-refractivity contribution in [1.29, 1.82) is 0 Å². The third-order valence-corrected chi connectivity index (χ3v) is 5.41. The van der Waals surface area contributed by atoms with Crippen molar-refractivity contribution in [1.82, 2.24) is 4.90 Å². The lowest BCUT2D eigenvalue weighted by molar-refractivity contribution is -0.133. The number of carbonyl (C=O) groups excluding carboxylic acids is 1. The van der Waals surface area contributed by atoms with Gasteiger partial charge in [0.1, 0.15) is 0 Å². The van der Waals surface area contributed by atoms with E-state index in [4.69, 9.17) is 27.9 Å². The van der Waals surface area contributed by atoms with E-state index in [1.165, 1.54) is 0 Å². The minimum atomic E-state index is 0.0968. The zero-order valence-electron chi connectivity index (χ0n) is 12.7. The topological polar surface area (TPSA) is 29.5 Å². The first-order valence-electron chi connectivity index (χ1n) is 7.91. The maximum absolute atomic E-state index is 12.7. The number of halogens is 2. The molecule has 3 atom stereocenters. The molecule has 1 aliphatic carbocycles. The van der Waals surface area contributed by atoms with Gasteiger partial charge in [-0.05, 0) is 43.4 Å². The van der Waals surface area contributed by atoms with Gasteiger partial charge in [0.2, 0.25) is 5.91 Å². The van der Waals surface area contributed by atoms with E-state index in [1.807, 2.05) is 30.0 Å². The Hall–Kier alpha value is -0.770. The lowest BCUT2D eigenvalue weighted by Gasteiger charge is -2.24. The Balaban J connectivity index is 1.61. The number of ether oxygens (including phenoxy) is 1. The standard InChI is InChI=1S/C17H21Cl2NO2/c1-2-20(9-11-5-6-22-10-11)17(21)14-8-13(14)12-3-4-15(18)16(19)7-12/h3-4,7,11,13-14H,2,5-6,8-10H2,1H3/t11-,13+,14-/m0/s1. The van der Waals surface area contributed by atoms with Gasteiger partial charge < -0.3 is 9.64 Å². The number of benzene rings is 1. The van der Waals surface area contributed by atoms with E-state index in [1.54, 1.807) is 0 Å². The molecule has 1 saturated heterocycles. The summed E-state index contributed by atoms with van der Waals surface area (Å²) >= 11 is 12.0. The van der Waals surface area contributed by atoms with E-state index < -0.39 is 0 Å². The van der Waals surface area contributed by atoms with Crippen molar-refractivity contribution in [3.8, 4) is 0 Å². The number of hydrogen-bond acceptors (Lipinski definition) is 2. The molecular weight excluding hydrogens is 321 g/mol. The molecular formula is C17H21Cl2NO2. The molecule has 1 saturated carbocycles. The lowest BCUT2D eigenvalue weighted by Crippen LogP contribution is -2.36. The first kappa shape index (κ1) is 16.1. The van der Waals surface area contributed by atoms with Crippen molar-refractivity contribution in [2.75, 3.05) is 26.3 Å². The second-order valence-electron chi connectivity index (χ2n) is 6.23. The van der Waals surface area contributed by atoms with Crippen LogP contribution in [0.2, 0.25) is 10.0 Å². The van der Waals surface area contributed by atoms with E-state index in [0.29, 0.717) is 16.0 Å². The number of amides is 1. The Kier molecular flexibility index (Phi) is 4.96. The molecule has 120 valence electrons. The van der Waals surface area contributed by atoms with Gasteiger partial charge in [0, 0.05) is 31.5 Å². The molecule has 1 aliphatic heterocycles. The maximum Gasteiger partial charge on any atom is 0.226 e. The van der Waals surface area contributed by atoms with E-state index in [0.717, 1.165) is 44.7 Å². The van der Waals surface area contributed by atoms with Gasteiger partial charge in [-0.3, -0.25) is 4.79 Å². The molecule has 0 spiro atoms. The molecule has 2 aliphatic rings. The Bertz CT molecular complexity index is 558. The van der Waals surface area contributed by atoms with E-state index in [2.05, 4.69) is 0 Å². The van der Waals surface area contributed by atoms with Crippen molar-refractivity contribution >= 4 is 29.1 Å². The normalized spacial score (nSPS) is 27.0. The molecule has 3 rings (SSSR count). The fraction of sp³-hybridized carbons (Fsp3) is 0.588. The maximum atomic E-state index is 12.7. The molecule has 5 heteroatoms. The SMILES string of the molecule is CCN(C[C@@H]1CCOC1)C(=O)[C@H]1C[C@@H]1c1ccc(Cl)c(Cl)c1. The number of nitrogens with zero attached hydrogens (tertiary/aromatic N) is 1. The van der Waals surface area contributed by atoms with Crippen molar-refractivity contribution < 1.29 is 9.53 Å². The summed E-state index contributed by atoms with van der Waals surface area (Å²) in [5, 5.41) is 1.12. The smallest absolute Gasteiger partial charge is 0.226 e. The van der Waals surface area contributed by atoms with E-state index >= 15 is 0 Å². The van der Waals surface area contributed by atoms with Crippen LogP contribution < -0.4 is 0 Å². The largest absolute Gasteiger partial charge is 0.381 e.